The van der Waals surface area contributed by atoms with Gasteiger partial charge in [0.25, 0.3) is 5.91 Å². The summed E-state index contributed by atoms with van der Waals surface area (Å²) in [5.41, 5.74) is 3.49. The molecule has 0 aliphatic carbocycles. The molecule has 7 heteroatoms. The van der Waals surface area contributed by atoms with Crippen LogP contribution in [0.1, 0.15) is 10.4 Å². The van der Waals surface area contributed by atoms with E-state index in [1.807, 2.05) is 36.0 Å². The Morgan fingerprint density at radius 3 is 3.00 bits per heavy atom. The van der Waals surface area contributed by atoms with Crippen LogP contribution in [0.25, 0.3) is 22.2 Å². The largest absolute Gasteiger partial charge is 0.360 e. The molecule has 0 radical (unpaired) electrons. The van der Waals surface area contributed by atoms with Crippen molar-refractivity contribution in [3.8, 4) is 11.3 Å². The summed E-state index contributed by atoms with van der Waals surface area (Å²) in [5, 5.41) is 7.20. The second-order valence-corrected chi connectivity index (χ2v) is 6.95. The Morgan fingerprint density at radius 1 is 1.24 bits per heavy atom. The van der Waals surface area contributed by atoms with Crippen LogP contribution in [0.3, 0.4) is 0 Å². The van der Waals surface area contributed by atoms with Crippen molar-refractivity contribution in [3.63, 3.8) is 0 Å². The summed E-state index contributed by atoms with van der Waals surface area (Å²) >= 11 is 2.85. The second-order valence-electron chi connectivity index (χ2n) is 5.30. The van der Waals surface area contributed by atoms with Crippen LogP contribution in [0, 0.1) is 0 Å². The summed E-state index contributed by atoms with van der Waals surface area (Å²) < 4.78 is 0. The van der Waals surface area contributed by atoms with Gasteiger partial charge in [-0.25, -0.2) is 9.97 Å². The molecule has 25 heavy (non-hydrogen) atoms. The molecule has 124 valence electrons. The molecular weight excluding hydrogens is 352 g/mol. The molecule has 0 unspecified atom stereocenters. The van der Waals surface area contributed by atoms with Crippen molar-refractivity contribution in [2.45, 2.75) is 5.03 Å². The fourth-order valence-electron chi connectivity index (χ4n) is 2.63. The average Bonchev–Trinajstić information content (AvgIpc) is 3.28. The van der Waals surface area contributed by atoms with E-state index in [2.05, 4.69) is 26.3 Å². The van der Waals surface area contributed by atoms with Crippen LogP contribution in [-0.4, -0.2) is 27.1 Å². The summed E-state index contributed by atoms with van der Waals surface area (Å²) in [5.74, 6) is -0.197. The molecule has 0 atom stereocenters. The zero-order chi connectivity index (χ0) is 17.2. The number of H-pyrrole nitrogens is 1. The molecule has 0 saturated heterocycles. The van der Waals surface area contributed by atoms with Crippen LogP contribution in [0.4, 0.5) is 5.13 Å². The number of pyridine rings is 1. The number of thioether (sulfide) groups is 1. The lowest BCUT2D eigenvalue weighted by Gasteiger charge is -2.05. The molecule has 0 saturated carbocycles. The average molecular weight is 366 g/mol. The number of fused-ring (bicyclic) bond motifs is 1. The number of para-hydroxylation sites is 1. The highest BCUT2D eigenvalue weighted by Crippen LogP contribution is 2.31. The van der Waals surface area contributed by atoms with Crippen molar-refractivity contribution in [3.05, 3.63) is 59.7 Å². The first-order chi connectivity index (χ1) is 12.3. The van der Waals surface area contributed by atoms with Crippen molar-refractivity contribution < 1.29 is 4.79 Å². The minimum absolute atomic E-state index is 0.197. The van der Waals surface area contributed by atoms with E-state index in [0.29, 0.717) is 15.7 Å². The van der Waals surface area contributed by atoms with Crippen molar-refractivity contribution in [2.75, 3.05) is 11.6 Å². The van der Waals surface area contributed by atoms with Gasteiger partial charge in [0.1, 0.15) is 5.03 Å². The van der Waals surface area contributed by atoms with Crippen LogP contribution in [-0.2, 0) is 0 Å². The Hall–Kier alpha value is -2.64. The molecule has 2 N–H and O–H groups in total. The first-order valence-corrected chi connectivity index (χ1v) is 9.69. The van der Waals surface area contributed by atoms with Gasteiger partial charge in [0.05, 0.1) is 11.3 Å². The molecule has 3 heterocycles. The van der Waals surface area contributed by atoms with Crippen LogP contribution in [0.15, 0.2) is 59.2 Å². The molecule has 0 aliphatic heterocycles. The van der Waals surface area contributed by atoms with E-state index in [9.17, 15) is 4.79 Å². The first-order valence-electron chi connectivity index (χ1n) is 7.58. The van der Waals surface area contributed by atoms with E-state index >= 15 is 0 Å². The Morgan fingerprint density at radius 2 is 2.12 bits per heavy atom. The highest BCUT2D eigenvalue weighted by molar-refractivity contribution is 7.98. The van der Waals surface area contributed by atoms with Gasteiger partial charge in [0.2, 0.25) is 0 Å². The highest BCUT2D eigenvalue weighted by atomic mass is 32.2. The third-order valence-electron chi connectivity index (χ3n) is 3.80. The zero-order valence-corrected chi connectivity index (χ0v) is 14.9. The topological polar surface area (TPSA) is 70.7 Å². The Bertz CT molecular complexity index is 1050. The van der Waals surface area contributed by atoms with E-state index in [1.54, 1.807) is 18.3 Å². The van der Waals surface area contributed by atoms with Gasteiger partial charge in [0, 0.05) is 34.2 Å². The van der Waals surface area contributed by atoms with Gasteiger partial charge in [-0.3, -0.25) is 10.1 Å². The third kappa shape index (κ3) is 3.04. The molecule has 0 fully saturated rings. The van der Waals surface area contributed by atoms with Crippen LogP contribution < -0.4 is 5.32 Å². The number of nitrogens with zero attached hydrogens (tertiary/aromatic N) is 2. The standard InChI is InChI=1S/C18H14N4OS2/c1-24-17-12(6-4-8-19-17)16(23)22-18-21-15(10-25-18)13-9-20-14-7-3-2-5-11(13)14/h2-10,20H,1H3,(H,21,22,23). The molecule has 0 spiro atoms. The minimum atomic E-state index is -0.197. The Labute approximate surface area is 152 Å². The lowest BCUT2D eigenvalue weighted by Crippen LogP contribution is -2.13. The number of anilines is 1. The van der Waals surface area contributed by atoms with Gasteiger partial charge < -0.3 is 4.98 Å². The normalized spacial score (nSPS) is 10.9. The molecule has 1 aromatic carbocycles. The number of thiazole rings is 1. The SMILES string of the molecule is CSc1ncccc1C(=O)Nc1nc(-c2c[nH]c3ccccc23)cs1. The molecular formula is C18H14N4OS2. The van der Waals surface area contributed by atoms with E-state index in [4.69, 9.17) is 0 Å². The number of carbonyl (C=O) groups is 1. The maximum atomic E-state index is 12.5. The highest BCUT2D eigenvalue weighted by Gasteiger charge is 2.15. The molecule has 0 aliphatic rings. The zero-order valence-electron chi connectivity index (χ0n) is 13.3. The third-order valence-corrected chi connectivity index (χ3v) is 5.27. The lowest BCUT2D eigenvalue weighted by atomic mass is 10.1. The van der Waals surface area contributed by atoms with Crippen molar-refractivity contribution in [2.24, 2.45) is 0 Å². The molecule has 5 nitrogen and oxygen atoms in total. The van der Waals surface area contributed by atoms with Crippen LogP contribution in [0.5, 0.6) is 0 Å². The number of benzene rings is 1. The number of aromatic nitrogens is 3. The number of amides is 1. The summed E-state index contributed by atoms with van der Waals surface area (Å²) in [6.45, 7) is 0. The van der Waals surface area contributed by atoms with Gasteiger partial charge in [-0.2, -0.15) is 0 Å². The maximum Gasteiger partial charge on any atom is 0.260 e. The fourth-order valence-corrected chi connectivity index (χ4v) is 3.88. The molecule has 1 amide bonds. The molecule has 4 rings (SSSR count). The Balaban J connectivity index is 1.60. The van der Waals surface area contributed by atoms with Crippen molar-refractivity contribution in [1.29, 1.82) is 0 Å². The van der Waals surface area contributed by atoms with E-state index in [-0.39, 0.29) is 5.91 Å². The van der Waals surface area contributed by atoms with Gasteiger partial charge >= 0.3 is 0 Å². The van der Waals surface area contributed by atoms with Crippen LogP contribution >= 0.6 is 23.1 Å². The predicted molar refractivity (Wildman–Crippen MR) is 103 cm³/mol. The molecule has 3 aromatic heterocycles. The quantitative estimate of drug-likeness (QED) is 0.515. The first kappa shape index (κ1) is 15.9. The van der Waals surface area contributed by atoms with E-state index < -0.39 is 0 Å². The monoisotopic (exact) mass is 366 g/mol. The Kier molecular flexibility index (Phi) is 4.25. The van der Waals surface area contributed by atoms with E-state index in [1.165, 1.54) is 23.1 Å². The van der Waals surface area contributed by atoms with Gasteiger partial charge in [-0.15, -0.1) is 23.1 Å². The summed E-state index contributed by atoms with van der Waals surface area (Å²) in [4.78, 5) is 24.5. The summed E-state index contributed by atoms with van der Waals surface area (Å²) in [6, 6.07) is 11.6. The molecule has 4 aromatic rings. The number of nitrogens with one attached hydrogen (secondary N) is 2. The number of hydrogen-bond donors (Lipinski definition) is 2. The number of carbonyl (C=O) groups excluding carboxylic acids is 1. The fraction of sp³-hybridized carbons (Fsp3) is 0.0556. The predicted octanol–water partition coefficient (Wildman–Crippen LogP) is 4.66. The minimum Gasteiger partial charge on any atom is -0.360 e. The van der Waals surface area contributed by atoms with Crippen molar-refractivity contribution in [1.82, 2.24) is 15.0 Å². The van der Waals surface area contributed by atoms with Gasteiger partial charge in [-0.1, -0.05) is 18.2 Å². The van der Waals surface area contributed by atoms with Crippen molar-refractivity contribution >= 4 is 45.0 Å². The number of rotatable bonds is 4. The van der Waals surface area contributed by atoms with Gasteiger partial charge in [-0.05, 0) is 24.5 Å². The van der Waals surface area contributed by atoms with E-state index in [0.717, 1.165) is 22.2 Å². The lowest BCUT2D eigenvalue weighted by molar-refractivity contribution is 0.102. The van der Waals surface area contributed by atoms with Crippen LogP contribution in [0.2, 0.25) is 0 Å². The molecule has 0 bridgehead atoms. The second kappa shape index (κ2) is 6.70. The number of hydrogen-bond acceptors (Lipinski definition) is 5. The summed E-state index contributed by atoms with van der Waals surface area (Å²) in [6.07, 6.45) is 5.52. The number of aromatic amines is 1. The summed E-state index contributed by atoms with van der Waals surface area (Å²) in [7, 11) is 0. The smallest absolute Gasteiger partial charge is 0.260 e. The van der Waals surface area contributed by atoms with Gasteiger partial charge in [0.15, 0.2) is 5.13 Å². The maximum absolute atomic E-state index is 12.5.